The SMILES string of the molecule is Bc1ccc(-c2cc(=O)c3c(O)cc(OP(=O)(O)O)c(C4CCN(C)CC4O)c3o2)c(Cl)c1. The summed E-state index contributed by atoms with van der Waals surface area (Å²) in [6, 6.07) is 7.33. The first-order chi connectivity index (χ1) is 15.4. The molecule has 0 radical (unpaired) electrons. The number of phenols is 1. The molecule has 1 aromatic heterocycles. The second kappa shape index (κ2) is 8.79. The molecule has 12 heteroatoms. The molecule has 1 aliphatic heterocycles. The second-order valence-corrected chi connectivity index (χ2v) is 9.85. The Morgan fingerprint density at radius 3 is 2.64 bits per heavy atom. The van der Waals surface area contributed by atoms with Crippen LogP contribution in [0.3, 0.4) is 0 Å². The van der Waals surface area contributed by atoms with Gasteiger partial charge in [-0.05, 0) is 26.1 Å². The lowest BCUT2D eigenvalue weighted by atomic mass is 9.85. The largest absolute Gasteiger partial charge is 0.524 e. The first-order valence-corrected chi connectivity index (χ1v) is 12.1. The highest BCUT2D eigenvalue weighted by atomic mass is 35.5. The van der Waals surface area contributed by atoms with Gasteiger partial charge in [0.15, 0.2) is 5.43 Å². The number of likely N-dealkylation sites (tertiary alicyclic amines) is 1. The molecule has 174 valence electrons. The van der Waals surface area contributed by atoms with Crippen LogP contribution in [0.1, 0.15) is 17.9 Å². The first kappa shape index (κ1) is 23.8. The van der Waals surface area contributed by atoms with E-state index in [1.807, 2.05) is 19.8 Å². The fourth-order valence-corrected chi connectivity index (χ4v) is 4.98. The van der Waals surface area contributed by atoms with Crippen LogP contribution >= 0.6 is 19.4 Å². The molecule has 0 aliphatic carbocycles. The number of aromatic hydroxyl groups is 1. The van der Waals surface area contributed by atoms with E-state index in [0.717, 1.165) is 11.5 Å². The van der Waals surface area contributed by atoms with Crippen LogP contribution in [0.4, 0.5) is 0 Å². The highest BCUT2D eigenvalue weighted by Crippen LogP contribution is 2.48. The molecule has 0 bridgehead atoms. The Labute approximate surface area is 194 Å². The van der Waals surface area contributed by atoms with E-state index in [2.05, 4.69) is 0 Å². The number of fused-ring (bicyclic) bond motifs is 1. The molecule has 33 heavy (non-hydrogen) atoms. The predicted octanol–water partition coefficient (Wildman–Crippen LogP) is 1.33. The van der Waals surface area contributed by atoms with Gasteiger partial charge in [-0.2, -0.15) is 0 Å². The van der Waals surface area contributed by atoms with E-state index < -0.39 is 31.0 Å². The Kier molecular flexibility index (Phi) is 6.35. The van der Waals surface area contributed by atoms with Gasteiger partial charge in [0.1, 0.15) is 36.1 Å². The molecule has 0 spiro atoms. The molecule has 2 heterocycles. The predicted molar refractivity (Wildman–Crippen MR) is 126 cm³/mol. The summed E-state index contributed by atoms with van der Waals surface area (Å²) in [4.78, 5) is 33.8. The first-order valence-electron chi connectivity index (χ1n) is 10.2. The number of nitrogens with zero attached hydrogens (tertiary/aromatic N) is 1. The minimum absolute atomic E-state index is 0.105. The van der Waals surface area contributed by atoms with E-state index in [9.17, 15) is 29.4 Å². The average molecular weight is 494 g/mol. The van der Waals surface area contributed by atoms with Gasteiger partial charge in [-0.1, -0.05) is 29.2 Å². The summed E-state index contributed by atoms with van der Waals surface area (Å²) in [7, 11) is -1.35. The number of hydrogen-bond donors (Lipinski definition) is 4. The minimum Gasteiger partial charge on any atom is -0.507 e. The number of halogens is 1. The van der Waals surface area contributed by atoms with E-state index in [1.165, 1.54) is 6.07 Å². The van der Waals surface area contributed by atoms with Gasteiger partial charge in [0, 0.05) is 35.7 Å². The molecule has 0 saturated carbocycles. The molecular formula is C21H22BClNO8P. The Balaban J connectivity index is 2.04. The normalized spacial score (nSPS) is 19.7. The molecule has 1 saturated heterocycles. The van der Waals surface area contributed by atoms with Crippen molar-refractivity contribution in [3.63, 3.8) is 0 Å². The van der Waals surface area contributed by atoms with Crippen molar-refractivity contribution in [3.8, 4) is 22.8 Å². The molecule has 2 aromatic carbocycles. The Morgan fingerprint density at radius 1 is 1.27 bits per heavy atom. The van der Waals surface area contributed by atoms with Crippen molar-refractivity contribution in [1.82, 2.24) is 4.90 Å². The van der Waals surface area contributed by atoms with Crippen LogP contribution in [0, 0.1) is 0 Å². The number of rotatable bonds is 4. The van der Waals surface area contributed by atoms with Gasteiger partial charge < -0.3 is 24.1 Å². The summed E-state index contributed by atoms with van der Waals surface area (Å²) in [6.07, 6.45) is -0.540. The third-order valence-electron chi connectivity index (χ3n) is 5.74. The third-order valence-corrected chi connectivity index (χ3v) is 6.49. The molecule has 1 aliphatic rings. The van der Waals surface area contributed by atoms with Crippen LogP contribution in [-0.4, -0.2) is 59.0 Å². The summed E-state index contributed by atoms with van der Waals surface area (Å²) in [5.74, 6) is -1.49. The van der Waals surface area contributed by atoms with E-state index in [0.29, 0.717) is 23.6 Å². The zero-order chi connectivity index (χ0) is 24.1. The van der Waals surface area contributed by atoms with Crippen molar-refractivity contribution >= 4 is 43.7 Å². The number of β-amino-alcohol motifs (C(OH)–C–C–N with tert-alkyl or cyclic N) is 1. The van der Waals surface area contributed by atoms with E-state index in [-0.39, 0.29) is 34.6 Å². The van der Waals surface area contributed by atoms with Crippen LogP contribution < -0.4 is 15.4 Å². The van der Waals surface area contributed by atoms with Crippen LogP contribution in [0.25, 0.3) is 22.3 Å². The number of phosphoric acid groups is 1. The standard InChI is InChI=1S/C21H22BClNO8P/c1-24-5-4-12(16(27)9-24)19-18(32-33(28,29)30)8-15(26)20-14(25)7-17(31-21(19)20)11-3-2-10(22)6-13(11)23/h2-3,6-8,12,16,26-27H,4-5,9,22H2,1H3,(H2,28,29,30). The second-order valence-electron chi connectivity index (χ2n) is 8.28. The summed E-state index contributed by atoms with van der Waals surface area (Å²) in [5, 5.41) is 21.5. The third kappa shape index (κ3) is 4.82. The highest BCUT2D eigenvalue weighted by molar-refractivity contribution is 7.46. The highest BCUT2D eigenvalue weighted by Gasteiger charge is 2.35. The number of hydrogen-bond acceptors (Lipinski definition) is 7. The number of phosphoric ester groups is 1. The number of benzene rings is 2. The monoisotopic (exact) mass is 493 g/mol. The summed E-state index contributed by atoms with van der Waals surface area (Å²) in [6.45, 7) is 0.864. The molecular weight excluding hydrogens is 471 g/mol. The van der Waals surface area contributed by atoms with Crippen molar-refractivity contribution in [2.45, 2.75) is 18.4 Å². The smallest absolute Gasteiger partial charge is 0.507 e. The van der Waals surface area contributed by atoms with Crippen LogP contribution in [0.5, 0.6) is 11.5 Å². The van der Waals surface area contributed by atoms with Gasteiger partial charge in [0.25, 0.3) is 0 Å². The van der Waals surface area contributed by atoms with Crippen molar-refractivity contribution < 1.29 is 33.5 Å². The van der Waals surface area contributed by atoms with Crippen molar-refractivity contribution in [3.05, 3.63) is 51.1 Å². The topological polar surface area (TPSA) is 141 Å². The number of piperidine rings is 1. The van der Waals surface area contributed by atoms with Crippen molar-refractivity contribution in [2.75, 3.05) is 20.1 Å². The number of likely N-dealkylation sites (N-methyl/N-ethyl adjacent to an activating group) is 1. The van der Waals surface area contributed by atoms with Gasteiger partial charge in [0.2, 0.25) is 0 Å². The van der Waals surface area contributed by atoms with Crippen LogP contribution in [0.15, 0.2) is 39.5 Å². The van der Waals surface area contributed by atoms with E-state index in [4.69, 9.17) is 20.5 Å². The van der Waals surface area contributed by atoms with Crippen molar-refractivity contribution in [1.29, 1.82) is 0 Å². The fraction of sp³-hybridized carbons (Fsp3) is 0.286. The average Bonchev–Trinajstić information content (AvgIpc) is 2.67. The van der Waals surface area contributed by atoms with Crippen molar-refractivity contribution in [2.24, 2.45) is 0 Å². The molecule has 9 nitrogen and oxygen atoms in total. The fourth-order valence-electron chi connectivity index (χ4n) is 4.25. The lowest BCUT2D eigenvalue weighted by molar-refractivity contribution is 0.0632. The maximum absolute atomic E-state index is 13.0. The quantitative estimate of drug-likeness (QED) is 0.313. The lowest BCUT2D eigenvalue weighted by Gasteiger charge is -2.34. The molecule has 2 atom stereocenters. The number of phenolic OH excluding ortho intramolecular Hbond substituents is 1. The molecule has 3 aromatic rings. The maximum atomic E-state index is 13.0. The molecule has 1 fully saturated rings. The lowest BCUT2D eigenvalue weighted by Crippen LogP contribution is -2.40. The number of aliphatic hydroxyl groups is 1. The van der Waals surface area contributed by atoms with Gasteiger partial charge in [-0.15, -0.1) is 0 Å². The molecule has 4 N–H and O–H groups in total. The molecule has 0 amide bonds. The Bertz CT molecular complexity index is 1340. The Hall–Kier alpha value is -2.33. The van der Waals surface area contributed by atoms with Crippen LogP contribution in [-0.2, 0) is 4.57 Å². The van der Waals surface area contributed by atoms with Gasteiger partial charge in [-0.25, -0.2) is 4.57 Å². The van der Waals surface area contributed by atoms with E-state index in [1.54, 1.807) is 18.2 Å². The number of aliphatic hydroxyl groups excluding tert-OH is 1. The Morgan fingerprint density at radius 2 is 2.00 bits per heavy atom. The zero-order valence-corrected chi connectivity index (χ0v) is 19.5. The van der Waals surface area contributed by atoms with Gasteiger partial charge >= 0.3 is 7.82 Å². The molecule has 2 unspecified atom stereocenters. The van der Waals surface area contributed by atoms with Gasteiger partial charge in [0.05, 0.1) is 11.1 Å². The maximum Gasteiger partial charge on any atom is 0.524 e. The van der Waals surface area contributed by atoms with Crippen LogP contribution in [0.2, 0.25) is 5.02 Å². The summed E-state index contributed by atoms with van der Waals surface area (Å²) < 4.78 is 22.6. The van der Waals surface area contributed by atoms with Gasteiger partial charge in [-0.3, -0.25) is 14.6 Å². The minimum atomic E-state index is -5.03. The molecule has 4 rings (SSSR count). The zero-order valence-electron chi connectivity index (χ0n) is 17.9. The summed E-state index contributed by atoms with van der Waals surface area (Å²) >= 11 is 6.36. The summed E-state index contributed by atoms with van der Waals surface area (Å²) in [5.41, 5.74) is 0.737. The van der Waals surface area contributed by atoms with E-state index >= 15 is 0 Å².